The molecule has 0 fully saturated rings. The molecule has 0 radical (unpaired) electrons. The molecule has 2 N–H and O–H groups in total. The van der Waals surface area contributed by atoms with E-state index < -0.39 is 10.0 Å². The Morgan fingerprint density at radius 3 is 2.40 bits per heavy atom. The van der Waals surface area contributed by atoms with Crippen molar-refractivity contribution in [3.05, 3.63) is 42.0 Å². The van der Waals surface area contributed by atoms with E-state index in [9.17, 15) is 8.42 Å². The van der Waals surface area contributed by atoms with Gasteiger partial charge in [0, 0.05) is 0 Å². The second-order valence-corrected chi connectivity index (χ2v) is 7.13. The van der Waals surface area contributed by atoms with E-state index in [2.05, 4.69) is 10.8 Å². The Labute approximate surface area is 120 Å². The standard InChI is InChI=1S/C15H20N2O2S/c1-12-4-5-14-11-15(7-6-13(14)10-12)20(18,19)16-8-9-17(2)3/h4-7,10-11,16H,8-9H2,1-3H3/p+1. The van der Waals surface area contributed by atoms with Crippen LogP contribution in [0.25, 0.3) is 10.8 Å². The molecule has 0 unspecified atom stereocenters. The fourth-order valence-electron chi connectivity index (χ4n) is 2.03. The summed E-state index contributed by atoms with van der Waals surface area (Å²) in [6.45, 7) is 3.22. The van der Waals surface area contributed by atoms with Gasteiger partial charge in [0.15, 0.2) is 0 Å². The van der Waals surface area contributed by atoms with E-state index >= 15 is 0 Å². The summed E-state index contributed by atoms with van der Waals surface area (Å²) in [6.07, 6.45) is 0. The summed E-state index contributed by atoms with van der Waals surface area (Å²) in [7, 11) is 0.565. The third-order valence-electron chi connectivity index (χ3n) is 3.19. The Bertz CT molecular complexity index is 709. The molecule has 2 aromatic rings. The van der Waals surface area contributed by atoms with Crippen molar-refractivity contribution in [2.45, 2.75) is 11.8 Å². The number of sulfonamides is 1. The van der Waals surface area contributed by atoms with Gasteiger partial charge < -0.3 is 4.90 Å². The molecule has 0 aliphatic carbocycles. The molecule has 0 aliphatic heterocycles. The van der Waals surface area contributed by atoms with Crippen LogP contribution in [0, 0.1) is 6.92 Å². The predicted molar refractivity (Wildman–Crippen MR) is 81.6 cm³/mol. The third kappa shape index (κ3) is 3.56. The Kier molecular flexibility index (Phi) is 4.42. The van der Waals surface area contributed by atoms with E-state index in [1.807, 2.05) is 39.2 Å². The van der Waals surface area contributed by atoms with E-state index in [4.69, 9.17) is 0 Å². The highest BCUT2D eigenvalue weighted by Crippen LogP contribution is 2.20. The van der Waals surface area contributed by atoms with Crippen molar-refractivity contribution in [3.63, 3.8) is 0 Å². The molecule has 5 heteroatoms. The van der Waals surface area contributed by atoms with Crippen molar-refractivity contribution < 1.29 is 13.3 Å². The number of hydrogen-bond donors (Lipinski definition) is 2. The number of fused-ring (bicyclic) bond motifs is 1. The van der Waals surface area contributed by atoms with Crippen LogP contribution in [-0.4, -0.2) is 35.6 Å². The third-order valence-corrected chi connectivity index (χ3v) is 4.65. The first kappa shape index (κ1) is 15.0. The predicted octanol–water partition coefficient (Wildman–Crippen LogP) is 0.571. The Hall–Kier alpha value is -1.43. The van der Waals surface area contributed by atoms with Crippen LogP contribution in [0.1, 0.15) is 5.56 Å². The fraction of sp³-hybridized carbons (Fsp3) is 0.333. The van der Waals surface area contributed by atoms with Gasteiger partial charge >= 0.3 is 0 Å². The fourth-order valence-corrected chi connectivity index (χ4v) is 3.10. The van der Waals surface area contributed by atoms with Crippen LogP contribution in [0.3, 0.4) is 0 Å². The summed E-state index contributed by atoms with van der Waals surface area (Å²) >= 11 is 0. The molecule has 0 saturated heterocycles. The number of nitrogens with one attached hydrogen (secondary N) is 2. The molecule has 0 heterocycles. The molecule has 20 heavy (non-hydrogen) atoms. The highest BCUT2D eigenvalue weighted by molar-refractivity contribution is 7.89. The van der Waals surface area contributed by atoms with Crippen molar-refractivity contribution in [1.29, 1.82) is 0 Å². The topological polar surface area (TPSA) is 50.6 Å². The molecular formula is C15H21N2O2S+. The molecule has 4 nitrogen and oxygen atoms in total. The average Bonchev–Trinajstić information content (AvgIpc) is 2.37. The Morgan fingerprint density at radius 2 is 1.70 bits per heavy atom. The van der Waals surface area contributed by atoms with Gasteiger partial charge in [-0.2, -0.15) is 0 Å². The molecule has 0 spiro atoms. The maximum Gasteiger partial charge on any atom is 0.240 e. The second kappa shape index (κ2) is 5.91. The zero-order chi connectivity index (χ0) is 14.8. The van der Waals surface area contributed by atoms with Crippen LogP contribution < -0.4 is 9.62 Å². The smallest absolute Gasteiger partial charge is 0.240 e. The first-order chi connectivity index (χ1) is 9.38. The maximum absolute atomic E-state index is 12.2. The van der Waals surface area contributed by atoms with Crippen LogP contribution in [-0.2, 0) is 10.0 Å². The van der Waals surface area contributed by atoms with Gasteiger partial charge in [-0.25, -0.2) is 13.1 Å². The van der Waals surface area contributed by atoms with E-state index in [0.717, 1.165) is 17.3 Å². The molecule has 108 valence electrons. The Balaban J connectivity index is 2.25. The number of quaternary nitrogens is 1. The zero-order valence-corrected chi connectivity index (χ0v) is 12.9. The molecule has 2 aromatic carbocycles. The number of rotatable bonds is 5. The van der Waals surface area contributed by atoms with E-state index in [1.165, 1.54) is 10.5 Å². The minimum absolute atomic E-state index is 0.322. The lowest BCUT2D eigenvalue weighted by Gasteiger charge is -2.10. The first-order valence-electron chi connectivity index (χ1n) is 6.67. The quantitative estimate of drug-likeness (QED) is 0.847. The van der Waals surface area contributed by atoms with Crippen LogP contribution in [0.5, 0.6) is 0 Å². The number of likely N-dealkylation sites (N-methyl/N-ethyl adjacent to an activating group) is 1. The van der Waals surface area contributed by atoms with Crippen molar-refractivity contribution in [2.75, 3.05) is 27.2 Å². The largest absolute Gasteiger partial charge is 0.339 e. The lowest BCUT2D eigenvalue weighted by Crippen LogP contribution is -3.06. The van der Waals surface area contributed by atoms with Crippen LogP contribution in [0.4, 0.5) is 0 Å². The highest BCUT2D eigenvalue weighted by Gasteiger charge is 2.14. The summed E-state index contributed by atoms with van der Waals surface area (Å²) in [5.74, 6) is 0. The van der Waals surface area contributed by atoms with E-state index in [-0.39, 0.29) is 0 Å². The lowest BCUT2D eigenvalue weighted by molar-refractivity contribution is -0.856. The maximum atomic E-state index is 12.2. The van der Waals surface area contributed by atoms with Gasteiger partial charge in [0.1, 0.15) is 0 Å². The van der Waals surface area contributed by atoms with Crippen molar-refractivity contribution in [2.24, 2.45) is 0 Å². The first-order valence-corrected chi connectivity index (χ1v) is 8.16. The van der Waals surface area contributed by atoms with Gasteiger partial charge in [-0.3, -0.25) is 0 Å². The highest BCUT2D eigenvalue weighted by atomic mass is 32.2. The minimum atomic E-state index is -3.42. The number of hydrogen-bond acceptors (Lipinski definition) is 2. The molecule has 2 rings (SSSR count). The SMILES string of the molecule is Cc1ccc2cc(S(=O)(=O)NCC[NH+](C)C)ccc2c1. The van der Waals surface area contributed by atoms with E-state index in [1.54, 1.807) is 12.1 Å². The van der Waals surface area contributed by atoms with Gasteiger partial charge in [0.2, 0.25) is 10.0 Å². The second-order valence-electron chi connectivity index (χ2n) is 5.37. The van der Waals surface area contributed by atoms with Crippen LogP contribution >= 0.6 is 0 Å². The van der Waals surface area contributed by atoms with Gasteiger partial charge in [-0.1, -0.05) is 29.8 Å². The van der Waals surface area contributed by atoms with Crippen LogP contribution in [0.2, 0.25) is 0 Å². The van der Waals surface area contributed by atoms with Crippen molar-refractivity contribution >= 4 is 20.8 Å². The number of aryl methyl sites for hydroxylation is 1. The summed E-state index contributed by atoms with van der Waals surface area (Å²) in [5, 5.41) is 2.00. The van der Waals surface area contributed by atoms with Crippen molar-refractivity contribution in [1.82, 2.24) is 4.72 Å². The summed E-state index contributed by atoms with van der Waals surface area (Å²) < 4.78 is 27.0. The number of benzene rings is 2. The van der Waals surface area contributed by atoms with Gasteiger partial charge in [0.25, 0.3) is 0 Å². The van der Waals surface area contributed by atoms with Crippen molar-refractivity contribution in [3.8, 4) is 0 Å². The molecule has 0 amide bonds. The van der Waals surface area contributed by atoms with E-state index in [0.29, 0.717) is 11.4 Å². The molecule has 0 bridgehead atoms. The van der Waals surface area contributed by atoms with Gasteiger partial charge in [-0.05, 0) is 29.8 Å². The molecule has 0 aromatic heterocycles. The molecular weight excluding hydrogens is 272 g/mol. The summed E-state index contributed by atoms with van der Waals surface area (Å²) in [4.78, 5) is 1.53. The van der Waals surface area contributed by atoms with Gasteiger partial charge in [0.05, 0.1) is 32.1 Å². The Morgan fingerprint density at radius 1 is 1.05 bits per heavy atom. The molecule has 0 aliphatic rings. The summed E-state index contributed by atoms with van der Waals surface area (Å²) in [6, 6.07) is 11.2. The van der Waals surface area contributed by atoms with Gasteiger partial charge in [-0.15, -0.1) is 0 Å². The minimum Gasteiger partial charge on any atom is -0.339 e. The molecule has 0 atom stereocenters. The normalized spacial score (nSPS) is 12.2. The summed E-state index contributed by atoms with van der Waals surface area (Å²) in [5.41, 5.74) is 1.17. The lowest BCUT2D eigenvalue weighted by atomic mass is 10.1. The molecule has 0 saturated carbocycles. The van der Waals surface area contributed by atoms with Crippen LogP contribution in [0.15, 0.2) is 41.3 Å². The average molecular weight is 293 g/mol. The zero-order valence-electron chi connectivity index (χ0n) is 12.1. The monoisotopic (exact) mass is 293 g/mol.